The van der Waals surface area contributed by atoms with Gasteiger partial charge in [0.05, 0.1) is 10.4 Å². The fraction of sp³-hybridized carbons (Fsp3) is 0.250. The predicted octanol–water partition coefficient (Wildman–Crippen LogP) is 6.03. The molecule has 1 amide bonds. The Bertz CT molecular complexity index is 873. The standard InChI is InChI=1S/C20H18F3NOS/c1-19(2)11-9-15(10-12-19)24-18(25)17-8-7-16(26-17)13-3-5-14(6-4-13)20(21,22)23/h3-11H,12H2,1-2H3,(H,24,25). The van der Waals surface area contributed by atoms with Gasteiger partial charge in [0.15, 0.2) is 0 Å². The first-order valence-electron chi connectivity index (χ1n) is 8.12. The molecule has 0 aliphatic heterocycles. The van der Waals surface area contributed by atoms with E-state index in [4.69, 9.17) is 0 Å². The van der Waals surface area contributed by atoms with Crippen LogP contribution >= 0.6 is 11.3 Å². The van der Waals surface area contributed by atoms with E-state index in [1.807, 2.05) is 12.2 Å². The maximum absolute atomic E-state index is 12.6. The molecular weight excluding hydrogens is 359 g/mol. The summed E-state index contributed by atoms with van der Waals surface area (Å²) >= 11 is 1.25. The van der Waals surface area contributed by atoms with Crippen LogP contribution in [0, 0.1) is 5.41 Å². The molecule has 1 aromatic heterocycles. The molecule has 136 valence electrons. The lowest BCUT2D eigenvalue weighted by Crippen LogP contribution is -2.23. The molecule has 0 fully saturated rings. The molecule has 2 nitrogen and oxygen atoms in total. The molecule has 3 rings (SSSR count). The maximum Gasteiger partial charge on any atom is 0.416 e. The van der Waals surface area contributed by atoms with Gasteiger partial charge in [-0.05, 0) is 47.7 Å². The predicted molar refractivity (Wildman–Crippen MR) is 97.8 cm³/mol. The van der Waals surface area contributed by atoms with E-state index in [0.29, 0.717) is 10.4 Å². The lowest BCUT2D eigenvalue weighted by atomic mass is 9.85. The van der Waals surface area contributed by atoms with Crippen molar-refractivity contribution in [2.24, 2.45) is 5.41 Å². The first-order chi connectivity index (χ1) is 12.1. The van der Waals surface area contributed by atoms with Crippen LogP contribution in [-0.4, -0.2) is 5.91 Å². The van der Waals surface area contributed by atoms with E-state index in [-0.39, 0.29) is 11.3 Å². The normalized spacial score (nSPS) is 16.3. The Kier molecular flexibility index (Phi) is 4.80. The van der Waals surface area contributed by atoms with Crippen LogP contribution in [0.2, 0.25) is 0 Å². The molecular formula is C20H18F3NOS. The van der Waals surface area contributed by atoms with Gasteiger partial charge in [-0.2, -0.15) is 13.2 Å². The molecule has 1 heterocycles. The number of amides is 1. The molecule has 0 atom stereocenters. The van der Waals surface area contributed by atoms with Crippen molar-refractivity contribution in [1.82, 2.24) is 5.32 Å². The number of carbonyl (C=O) groups is 1. The van der Waals surface area contributed by atoms with Crippen LogP contribution in [0.1, 0.15) is 35.5 Å². The minimum Gasteiger partial charge on any atom is -0.322 e. The summed E-state index contributed by atoms with van der Waals surface area (Å²) in [6, 6.07) is 8.37. The Morgan fingerprint density at radius 3 is 2.38 bits per heavy atom. The van der Waals surface area contributed by atoms with Crippen molar-refractivity contribution < 1.29 is 18.0 Å². The highest BCUT2D eigenvalue weighted by Gasteiger charge is 2.30. The summed E-state index contributed by atoms with van der Waals surface area (Å²) in [5.74, 6) is -0.219. The third kappa shape index (κ3) is 4.25. The van der Waals surface area contributed by atoms with Gasteiger partial charge in [0.2, 0.25) is 0 Å². The Labute approximate surface area is 154 Å². The van der Waals surface area contributed by atoms with E-state index in [0.717, 1.165) is 29.1 Å². The van der Waals surface area contributed by atoms with Crippen molar-refractivity contribution in [3.63, 3.8) is 0 Å². The van der Waals surface area contributed by atoms with Gasteiger partial charge in [-0.3, -0.25) is 4.79 Å². The van der Waals surface area contributed by atoms with Gasteiger partial charge in [0.1, 0.15) is 0 Å². The smallest absolute Gasteiger partial charge is 0.322 e. The molecule has 0 saturated carbocycles. The first-order valence-corrected chi connectivity index (χ1v) is 8.94. The number of allylic oxidation sites excluding steroid dienone is 3. The monoisotopic (exact) mass is 377 g/mol. The topological polar surface area (TPSA) is 29.1 Å². The molecule has 1 N–H and O–H groups in total. The van der Waals surface area contributed by atoms with Crippen LogP contribution < -0.4 is 5.32 Å². The number of alkyl halides is 3. The molecule has 0 radical (unpaired) electrons. The molecule has 0 unspecified atom stereocenters. The fourth-order valence-corrected chi connectivity index (χ4v) is 3.46. The molecule has 0 spiro atoms. The van der Waals surface area contributed by atoms with Crippen molar-refractivity contribution in [3.8, 4) is 10.4 Å². The Balaban J connectivity index is 1.71. The highest BCUT2D eigenvalue weighted by Crippen LogP contribution is 2.33. The number of hydrogen-bond donors (Lipinski definition) is 1. The molecule has 0 bridgehead atoms. The maximum atomic E-state index is 12.6. The third-order valence-electron chi connectivity index (χ3n) is 4.15. The molecule has 2 aromatic rings. The number of hydrogen-bond acceptors (Lipinski definition) is 2. The van der Waals surface area contributed by atoms with Gasteiger partial charge in [-0.15, -0.1) is 11.3 Å². The molecule has 6 heteroatoms. The Hall–Kier alpha value is -2.34. The number of rotatable bonds is 3. The summed E-state index contributed by atoms with van der Waals surface area (Å²) in [6.45, 7) is 4.24. The van der Waals surface area contributed by atoms with Gasteiger partial charge >= 0.3 is 6.18 Å². The van der Waals surface area contributed by atoms with Gasteiger partial charge in [0, 0.05) is 10.6 Å². The van der Waals surface area contributed by atoms with Crippen LogP contribution in [0.25, 0.3) is 10.4 Å². The van der Waals surface area contributed by atoms with Gasteiger partial charge in [0.25, 0.3) is 5.91 Å². The van der Waals surface area contributed by atoms with Gasteiger partial charge in [-0.1, -0.05) is 38.1 Å². The molecule has 1 aliphatic carbocycles. The number of thiophene rings is 1. The van der Waals surface area contributed by atoms with Gasteiger partial charge in [-0.25, -0.2) is 0 Å². The summed E-state index contributed by atoms with van der Waals surface area (Å²) in [7, 11) is 0. The summed E-state index contributed by atoms with van der Waals surface area (Å²) in [4.78, 5) is 13.6. The number of nitrogens with one attached hydrogen (secondary N) is 1. The molecule has 1 aromatic carbocycles. The van der Waals surface area contributed by atoms with Crippen molar-refractivity contribution in [3.05, 3.63) is 70.8 Å². The van der Waals surface area contributed by atoms with Crippen LogP contribution in [0.5, 0.6) is 0 Å². The zero-order valence-electron chi connectivity index (χ0n) is 14.4. The second kappa shape index (κ2) is 6.76. The zero-order chi connectivity index (χ0) is 18.9. The highest BCUT2D eigenvalue weighted by atomic mass is 32.1. The van der Waals surface area contributed by atoms with Crippen LogP contribution in [0.4, 0.5) is 13.2 Å². The summed E-state index contributed by atoms with van der Waals surface area (Å²) < 4.78 is 37.9. The van der Waals surface area contributed by atoms with Crippen molar-refractivity contribution in [2.75, 3.05) is 0 Å². The number of halogens is 3. The quantitative estimate of drug-likeness (QED) is 0.695. The van der Waals surface area contributed by atoms with E-state index < -0.39 is 11.7 Å². The van der Waals surface area contributed by atoms with Crippen LogP contribution in [-0.2, 0) is 6.18 Å². The van der Waals surface area contributed by atoms with Crippen molar-refractivity contribution >= 4 is 17.2 Å². The largest absolute Gasteiger partial charge is 0.416 e. The Morgan fingerprint density at radius 1 is 1.12 bits per heavy atom. The molecule has 26 heavy (non-hydrogen) atoms. The minimum atomic E-state index is -4.35. The lowest BCUT2D eigenvalue weighted by molar-refractivity contribution is -0.137. The van der Waals surface area contributed by atoms with E-state index in [9.17, 15) is 18.0 Å². The average Bonchev–Trinajstić information content (AvgIpc) is 3.06. The van der Waals surface area contributed by atoms with E-state index >= 15 is 0 Å². The van der Waals surface area contributed by atoms with Crippen molar-refractivity contribution in [2.45, 2.75) is 26.4 Å². The van der Waals surface area contributed by atoms with E-state index in [1.165, 1.54) is 23.5 Å². The number of carbonyl (C=O) groups excluding carboxylic acids is 1. The minimum absolute atomic E-state index is 0.0902. The first kappa shape index (κ1) is 18.5. The average molecular weight is 377 g/mol. The summed E-state index contributed by atoms with van der Waals surface area (Å²) in [5, 5.41) is 2.86. The molecule has 1 aliphatic rings. The van der Waals surface area contributed by atoms with Crippen LogP contribution in [0.3, 0.4) is 0 Å². The Morgan fingerprint density at radius 2 is 1.81 bits per heavy atom. The molecule has 0 saturated heterocycles. The summed E-state index contributed by atoms with van der Waals surface area (Å²) in [5.41, 5.74) is 0.821. The van der Waals surface area contributed by atoms with Crippen LogP contribution in [0.15, 0.2) is 60.3 Å². The third-order valence-corrected chi connectivity index (χ3v) is 5.28. The highest BCUT2D eigenvalue weighted by molar-refractivity contribution is 7.17. The SMILES string of the molecule is CC1(C)C=CC(NC(=O)c2ccc(-c3ccc(C(F)(F)F)cc3)s2)=CC1. The zero-order valence-corrected chi connectivity index (χ0v) is 15.2. The fourth-order valence-electron chi connectivity index (χ4n) is 2.55. The van der Waals surface area contributed by atoms with Gasteiger partial charge < -0.3 is 5.32 Å². The second-order valence-electron chi connectivity index (χ2n) is 6.88. The van der Waals surface area contributed by atoms with E-state index in [2.05, 4.69) is 25.2 Å². The lowest BCUT2D eigenvalue weighted by Gasteiger charge is -2.22. The van der Waals surface area contributed by atoms with E-state index in [1.54, 1.807) is 12.1 Å². The second-order valence-corrected chi connectivity index (χ2v) is 7.96. The van der Waals surface area contributed by atoms with Crippen molar-refractivity contribution in [1.29, 1.82) is 0 Å². The number of benzene rings is 1. The summed E-state index contributed by atoms with van der Waals surface area (Å²) in [6.07, 6.45) is 2.44.